The van der Waals surface area contributed by atoms with E-state index in [9.17, 15) is 4.79 Å². The molecule has 4 nitrogen and oxygen atoms in total. The number of hydrogen-bond donors (Lipinski definition) is 1. The number of rotatable bonds is 4. The Hall–Kier alpha value is -2.40. The van der Waals surface area contributed by atoms with Gasteiger partial charge in [0.2, 0.25) is 5.91 Å². The molecule has 0 radical (unpaired) electrons. The van der Waals surface area contributed by atoms with Crippen LogP contribution in [0.15, 0.2) is 58.8 Å². The van der Waals surface area contributed by atoms with Gasteiger partial charge in [-0.15, -0.1) is 0 Å². The van der Waals surface area contributed by atoms with Gasteiger partial charge in [-0.3, -0.25) is 9.69 Å². The molecule has 2 aromatic carbocycles. The molecule has 0 aliphatic carbocycles. The predicted molar refractivity (Wildman–Crippen MR) is 112 cm³/mol. The minimum absolute atomic E-state index is 0.0897. The maximum Gasteiger partial charge on any atom is 0.232 e. The van der Waals surface area contributed by atoms with Crippen molar-refractivity contribution < 1.29 is 4.79 Å². The summed E-state index contributed by atoms with van der Waals surface area (Å²) < 4.78 is 0. The van der Waals surface area contributed by atoms with Crippen molar-refractivity contribution in [3.63, 3.8) is 0 Å². The molecule has 140 valence electrons. The average molecular weight is 380 g/mol. The summed E-state index contributed by atoms with van der Waals surface area (Å²) in [5.41, 5.74) is 12.5. The third kappa shape index (κ3) is 3.21. The van der Waals surface area contributed by atoms with Crippen molar-refractivity contribution >= 4 is 23.4 Å². The van der Waals surface area contributed by atoms with Crippen LogP contribution in [-0.2, 0) is 11.2 Å². The van der Waals surface area contributed by atoms with E-state index in [4.69, 9.17) is 5.73 Å². The van der Waals surface area contributed by atoms with E-state index in [1.165, 1.54) is 27.3 Å². The fourth-order valence-electron chi connectivity index (χ4n) is 3.78. The Morgan fingerprint density at radius 3 is 2.59 bits per heavy atom. The van der Waals surface area contributed by atoms with E-state index in [2.05, 4.69) is 50.1 Å². The topological polar surface area (TPSA) is 49.6 Å². The van der Waals surface area contributed by atoms with Crippen LogP contribution in [0, 0.1) is 13.8 Å². The highest BCUT2D eigenvalue weighted by Crippen LogP contribution is 2.48. The van der Waals surface area contributed by atoms with Crippen molar-refractivity contribution in [3.8, 4) is 0 Å². The quantitative estimate of drug-likeness (QED) is 0.877. The third-order valence-corrected chi connectivity index (χ3v) is 6.98. The number of benzene rings is 2. The summed E-state index contributed by atoms with van der Waals surface area (Å²) in [5, 5.41) is 0.0897. The summed E-state index contributed by atoms with van der Waals surface area (Å²) in [5.74, 6) is 0.747. The number of amides is 1. The summed E-state index contributed by atoms with van der Waals surface area (Å²) in [6.07, 6.45) is 1.22. The number of fused-ring (bicyclic) bond motifs is 1. The Kier molecular flexibility index (Phi) is 4.64. The van der Waals surface area contributed by atoms with Crippen molar-refractivity contribution in [2.75, 3.05) is 18.5 Å². The van der Waals surface area contributed by atoms with Gasteiger partial charge in [0.1, 0.15) is 11.2 Å². The van der Waals surface area contributed by atoms with Gasteiger partial charge in [-0.25, -0.2) is 0 Å². The van der Waals surface area contributed by atoms with Gasteiger partial charge in [-0.1, -0.05) is 42.1 Å². The Bertz CT molecular complexity index is 923. The van der Waals surface area contributed by atoms with Crippen molar-refractivity contribution in [3.05, 3.63) is 70.5 Å². The first kappa shape index (κ1) is 18.0. The highest BCUT2D eigenvalue weighted by atomic mass is 32.2. The summed E-state index contributed by atoms with van der Waals surface area (Å²) >= 11 is 1.80. The second-order valence-electron chi connectivity index (χ2n) is 7.35. The SMILES string of the molecule is Cc1cc2c(cc1C)N(C)C(C1=C(N)N(CCc3ccccc3)C(=O)C1)S2. The molecule has 4 rings (SSSR count). The molecule has 27 heavy (non-hydrogen) atoms. The van der Waals surface area contributed by atoms with Crippen molar-refractivity contribution in [2.45, 2.75) is 37.0 Å². The molecular formula is C22H25N3OS. The molecule has 1 atom stereocenters. The van der Waals surface area contributed by atoms with Crippen LogP contribution in [0.1, 0.15) is 23.1 Å². The molecule has 2 N–H and O–H groups in total. The fourth-order valence-corrected chi connectivity index (χ4v) is 5.20. The van der Waals surface area contributed by atoms with Gasteiger partial charge < -0.3 is 10.6 Å². The van der Waals surface area contributed by atoms with E-state index in [-0.39, 0.29) is 11.3 Å². The van der Waals surface area contributed by atoms with Gasteiger partial charge in [-0.05, 0) is 49.1 Å². The lowest BCUT2D eigenvalue weighted by Gasteiger charge is -2.23. The first-order valence-electron chi connectivity index (χ1n) is 9.29. The maximum absolute atomic E-state index is 12.6. The molecule has 2 aliphatic rings. The molecule has 0 aromatic heterocycles. The van der Waals surface area contributed by atoms with E-state index in [0.29, 0.717) is 18.8 Å². The van der Waals surface area contributed by atoms with Gasteiger partial charge in [0.25, 0.3) is 0 Å². The van der Waals surface area contributed by atoms with Crippen LogP contribution in [0.2, 0.25) is 0 Å². The normalized spacial score (nSPS) is 19.2. The highest BCUT2D eigenvalue weighted by Gasteiger charge is 2.38. The summed E-state index contributed by atoms with van der Waals surface area (Å²) in [6.45, 7) is 4.91. The number of carbonyl (C=O) groups excluding carboxylic acids is 1. The summed E-state index contributed by atoms with van der Waals surface area (Å²) in [4.78, 5) is 17.9. The van der Waals surface area contributed by atoms with Gasteiger partial charge in [0.15, 0.2) is 0 Å². The van der Waals surface area contributed by atoms with Crippen LogP contribution in [0.4, 0.5) is 5.69 Å². The Balaban J connectivity index is 1.55. The first-order valence-corrected chi connectivity index (χ1v) is 10.2. The molecule has 5 heteroatoms. The average Bonchev–Trinajstić information content (AvgIpc) is 3.11. The lowest BCUT2D eigenvalue weighted by Crippen LogP contribution is -2.32. The smallest absolute Gasteiger partial charge is 0.232 e. The molecule has 0 saturated carbocycles. The minimum Gasteiger partial charge on any atom is -0.385 e. The van der Waals surface area contributed by atoms with Crippen molar-refractivity contribution in [1.29, 1.82) is 0 Å². The fraction of sp³-hybridized carbons (Fsp3) is 0.318. The van der Waals surface area contributed by atoms with Crippen molar-refractivity contribution in [1.82, 2.24) is 4.90 Å². The van der Waals surface area contributed by atoms with E-state index < -0.39 is 0 Å². The number of nitrogens with zero attached hydrogens (tertiary/aromatic N) is 2. The second-order valence-corrected chi connectivity index (χ2v) is 8.48. The Morgan fingerprint density at radius 2 is 1.85 bits per heavy atom. The number of hydrogen-bond acceptors (Lipinski definition) is 4. The van der Waals surface area contributed by atoms with E-state index >= 15 is 0 Å². The van der Waals surface area contributed by atoms with E-state index in [1.807, 2.05) is 18.2 Å². The molecule has 2 heterocycles. The zero-order chi connectivity index (χ0) is 19.1. The molecular weight excluding hydrogens is 354 g/mol. The number of aryl methyl sites for hydroxylation is 2. The van der Waals surface area contributed by atoms with Crippen LogP contribution in [0.5, 0.6) is 0 Å². The van der Waals surface area contributed by atoms with Crippen LogP contribution in [-0.4, -0.2) is 29.8 Å². The van der Waals surface area contributed by atoms with Crippen LogP contribution >= 0.6 is 11.8 Å². The molecule has 0 saturated heterocycles. The number of carbonyl (C=O) groups is 1. The minimum atomic E-state index is 0.0897. The second kappa shape index (κ2) is 6.97. The Labute approximate surface area is 165 Å². The number of thioether (sulfide) groups is 1. The monoisotopic (exact) mass is 379 g/mol. The summed E-state index contributed by atoms with van der Waals surface area (Å²) in [7, 11) is 2.09. The van der Waals surface area contributed by atoms with Gasteiger partial charge in [-0.2, -0.15) is 0 Å². The molecule has 2 aliphatic heterocycles. The maximum atomic E-state index is 12.6. The number of anilines is 1. The van der Waals surface area contributed by atoms with Crippen molar-refractivity contribution in [2.24, 2.45) is 5.73 Å². The molecule has 0 spiro atoms. The third-order valence-electron chi connectivity index (χ3n) is 5.57. The first-order chi connectivity index (χ1) is 13.0. The molecule has 1 unspecified atom stereocenters. The largest absolute Gasteiger partial charge is 0.385 e. The predicted octanol–water partition coefficient (Wildman–Crippen LogP) is 3.82. The van der Waals surface area contributed by atoms with Gasteiger partial charge in [0, 0.05) is 24.1 Å². The number of nitrogens with two attached hydrogens (primary N) is 1. The van der Waals surface area contributed by atoms with Crippen LogP contribution in [0.3, 0.4) is 0 Å². The van der Waals surface area contributed by atoms with Gasteiger partial charge in [0.05, 0.1) is 12.1 Å². The molecule has 0 bridgehead atoms. The van der Waals surface area contributed by atoms with Crippen LogP contribution in [0.25, 0.3) is 0 Å². The lowest BCUT2D eigenvalue weighted by molar-refractivity contribution is -0.127. The summed E-state index contributed by atoms with van der Waals surface area (Å²) in [6, 6.07) is 14.7. The highest BCUT2D eigenvalue weighted by molar-refractivity contribution is 8.00. The lowest BCUT2D eigenvalue weighted by atomic mass is 10.1. The van der Waals surface area contributed by atoms with Gasteiger partial charge >= 0.3 is 0 Å². The number of likely N-dealkylation sites (N-methyl/N-ethyl adjacent to an activating group) is 1. The zero-order valence-electron chi connectivity index (χ0n) is 16.0. The van der Waals surface area contributed by atoms with E-state index in [0.717, 1.165) is 12.0 Å². The molecule has 2 aromatic rings. The van der Waals surface area contributed by atoms with Crippen LogP contribution < -0.4 is 10.6 Å². The molecule has 1 amide bonds. The molecule has 0 fully saturated rings. The van der Waals surface area contributed by atoms with E-state index in [1.54, 1.807) is 16.7 Å². The Morgan fingerprint density at radius 1 is 1.15 bits per heavy atom. The zero-order valence-corrected chi connectivity index (χ0v) is 16.8. The standard InChI is InChI=1S/C22H25N3OS/c1-14-11-18-19(12-15(14)2)27-22(24(18)3)17-13-20(26)25(21(17)23)10-9-16-7-5-4-6-8-16/h4-8,11-12,22H,9-10,13,23H2,1-3H3.